The third-order valence-electron chi connectivity index (χ3n) is 12.3. The van der Waals surface area contributed by atoms with Crippen molar-refractivity contribution in [3.8, 4) is 33.4 Å². The summed E-state index contributed by atoms with van der Waals surface area (Å²) in [5.41, 5.74) is 18.8. The molecule has 0 aromatic heterocycles. The molecule has 10 rings (SSSR count). The maximum atomic E-state index is 5.32. The van der Waals surface area contributed by atoms with Crippen LogP contribution in [0.2, 0.25) is 0 Å². The van der Waals surface area contributed by atoms with E-state index in [1.807, 2.05) is 0 Å². The summed E-state index contributed by atoms with van der Waals surface area (Å²) in [4.78, 5) is 0. The van der Waals surface area contributed by atoms with Crippen molar-refractivity contribution in [1.82, 2.24) is 0 Å². The molecule has 51 heavy (non-hydrogen) atoms. The van der Waals surface area contributed by atoms with Crippen molar-refractivity contribution in [2.45, 2.75) is 57.8 Å². The minimum atomic E-state index is -0.113. The fraction of sp³-hybridized carbons (Fsp3) is 0.213. The molecule has 0 spiro atoms. The van der Waals surface area contributed by atoms with Gasteiger partial charge in [0.05, 0.1) is 5.69 Å². The largest absolute Gasteiger partial charge is 0.269 e. The Morgan fingerprint density at radius 1 is 0.471 bits per heavy atom. The monoisotopic (exact) mass is 661 g/mol. The molecule has 4 heteroatoms. The first-order valence-electron chi connectivity index (χ1n) is 18.1. The molecule has 6 aromatic carbocycles. The van der Waals surface area contributed by atoms with Crippen LogP contribution in [0.4, 0.5) is 11.4 Å². The maximum absolute atomic E-state index is 5.32. The number of anilines is 1. The predicted octanol–water partition coefficient (Wildman–Crippen LogP) is 11.5. The van der Waals surface area contributed by atoms with Crippen LogP contribution in [0, 0.1) is 0 Å². The van der Waals surface area contributed by atoms with Gasteiger partial charge in [0.15, 0.2) is 0 Å². The first kappa shape index (κ1) is 30.2. The first-order chi connectivity index (χ1) is 24.5. The normalized spacial score (nSPS) is 17.8. The van der Waals surface area contributed by atoms with Gasteiger partial charge in [0, 0.05) is 39.1 Å². The Hall–Kier alpha value is -5.61. The van der Waals surface area contributed by atoms with Gasteiger partial charge < -0.3 is 0 Å². The van der Waals surface area contributed by atoms with E-state index in [1.165, 1.54) is 66.8 Å². The Bertz CT molecular complexity index is 2550. The van der Waals surface area contributed by atoms with Crippen molar-refractivity contribution in [3.05, 3.63) is 166 Å². The van der Waals surface area contributed by atoms with Gasteiger partial charge in [0.25, 0.3) is 6.67 Å². The predicted molar refractivity (Wildman–Crippen MR) is 208 cm³/mol. The SMILES string of the molecule is CC1(C)c2ccccc2-c2ccc(C3=NN(c4ccc5c(c4)C(C)(C)c4ccccc4-5)C[N+](c4ccc5c(c4)C(C)(C)c4ccccc4-5)=N3)cc21. The van der Waals surface area contributed by atoms with Gasteiger partial charge in [-0.15, -0.1) is 5.10 Å². The van der Waals surface area contributed by atoms with Crippen LogP contribution in [0.5, 0.6) is 0 Å². The van der Waals surface area contributed by atoms with E-state index in [0.717, 1.165) is 16.9 Å². The Morgan fingerprint density at radius 2 is 0.922 bits per heavy atom. The second-order valence-electron chi connectivity index (χ2n) is 16.2. The zero-order valence-corrected chi connectivity index (χ0v) is 30.1. The standard InChI is InChI=1S/C47H41N4/c1-45(2)38-16-10-7-13-32(38)35-22-19-29(25-41(35)45)44-48-50(30-20-23-36-33-14-8-11-17-39(33)46(3,4)42(36)26-30)28-51(49-44)31-21-24-37-34-15-9-12-18-40(34)47(5,6)43(37)27-31/h7-27H,28H2,1-6H3/q+1. The molecule has 6 aromatic rings. The highest BCUT2D eigenvalue weighted by Crippen LogP contribution is 2.52. The van der Waals surface area contributed by atoms with E-state index in [4.69, 9.17) is 10.2 Å². The van der Waals surface area contributed by atoms with Crippen LogP contribution >= 0.6 is 0 Å². The first-order valence-corrected chi connectivity index (χ1v) is 18.1. The minimum Gasteiger partial charge on any atom is -0.201 e. The molecular weight excluding hydrogens is 621 g/mol. The number of hydrogen-bond acceptors (Lipinski definition) is 3. The number of rotatable bonds is 3. The van der Waals surface area contributed by atoms with Crippen LogP contribution in [0.3, 0.4) is 0 Å². The molecule has 0 saturated heterocycles. The van der Waals surface area contributed by atoms with E-state index < -0.39 is 0 Å². The molecule has 248 valence electrons. The Labute approximate surface area is 300 Å². The zero-order valence-electron chi connectivity index (χ0n) is 30.1. The third-order valence-corrected chi connectivity index (χ3v) is 12.3. The molecule has 0 amide bonds. The molecule has 0 bridgehead atoms. The Kier molecular flexibility index (Phi) is 6.06. The molecule has 0 saturated carbocycles. The summed E-state index contributed by atoms with van der Waals surface area (Å²) in [6.07, 6.45) is 0. The summed E-state index contributed by atoms with van der Waals surface area (Å²) in [6, 6.07) is 47.0. The van der Waals surface area contributed by atoms with Crippen molar-refractivity contribution in [2.75, 3.05) is 11.7 Å². The molecule has 0 atom stereocenters. The Morgan fingerprint density at radius 3 is 1.49 bits per heavy atom. The highest BCUT2D eigenvalue weighted by atomic mass is 15.6. The van der Waals surface area contributed by atoms with Crippen molar-refractivity contribution in [2.24, 2.45) is 10.2 Å². The number of nitrogens with zero attached hydrogens (tertiary/aromatic N) is 4. The van der Waals surface area contributed by atoms with Crippen LogP contribution < -0.4 is 5.01 Å². The van der Waals surface area contributed by atoms with Crippen LogP contribution in [-0.2, 0) is 16.2 Å². The van der Waals surface area contributed by atoms with E-state index in [2.05, 4.69) is 179 Å². The van der Waals surface area contributed by atoms with Gasteiger partial charge in [-0.2, -0.15) is 0 Å². The molecule has 3 aliphatic carbocycles. The van der Waals surface area contributed by atoms with E-state index in [0.29, 0.717) is 12.5 Å². The van der Waals surface area contributed by atoms with Crippen LogP contribution in [0.25, 0.3) is 33.4 Å². The van der Waals surface area contributed by atoms with Gasteiger partial charge in [-0.1, -0.05) is 137 Å². The molecule has 0 unspecified atom stereocenters. The number of amidine groups is 1. The second kappa shape index (κ2) is 10.2. The molecular formula is C47H41N4+. The molecule has 1 heterocycles. The topological polar surface area (TPSA) is 31.0 Å². The van der Waals surface area contributed by atoms with E-state index in [1.54, 1.807) is 0 Å². The fourth-order valence-corrected chi connectivity index (χ4v) is 9.38. The van der Waals surface area contributed by atoms with Gasteiger partial charge in [0.2, 0.25) is 11.5 Å². The summed E-state index contributed by atoms with van der Waals surface area (Å²) in [6.45, 7) is 14.5. The van der Waals surface area contributed by atoms with Gasteiger partial charge in [-0.25, -0.2) is 5.01 Å². The second-order valence-corrected chi connectivity index (χ2v) is 16.2. The van der Waals surface area contributed by atoms with Crippen molar-refractivity contribution in [3.63, 3.8) is 0 Å². The van der Waals surface area contributed by atoms with E-state index in [-0.39, 0.29) is 16.2 Å². The number of azo groups is 2. The van der Waals surface area contributed by atoms with Gasteiger partial charge in [-0.3, -0.25) is 0 Å². The highest BCUT2D eigenvalue weighted by molar-refractivity contribution is 6.01. The summed E-state index contributed by atoms with van der Waals surface area (Å²) in [7, 11) is 0. The van der Waals surface area contributed by atoms with Crippen molar-refractivity contribution in [1.29, 1.82) is 0 Å². The molecule has 4 nitrogen and oxygen atoms in total. The van der Waals surface area contributed by atoms with Crippen LogP contribution in [0.1, 0.15) is 80.5 Å². The summed E-state index contributed by atoms with van der Waals surface area (Å²) < 4.78 is 2.14. The van der Waals surface area contributed by atoms with Gasteiger partial charge >= 0.3 is 0 Å². The van der Waals surface area contributed by atoms with Crippen molar-refractivity contribution < 1.29 is 4.70 Å². The Balaban J connectivity index is 1.11. The van der Waals surface area contributed by atoms with Gasteiger partial charge in [0.1, 0.15) is 0 Å². The van der Waals surface area contributed by atoms with Crippen LogP contribution in [0.15, 0.2) is 138 Å². The molecule has 4 aliphatic rings. The molecule has 0 radical (unpaired) electrons. The van der Waals surface area contributed by atoms with Crippen LogP contribution in [-0.4, -0.2) is 17.2 Å². The highest BCUT2D eigenvalue weighted by Gasteiger charge is 2.40. The summed E-state index contributed by atoms with van der Waals surface area (Å²) in [5, 5.41) is 12.8. The zero-order chi connectivity index (χ0) is 34.9. The smallest absolute Gasteiger partial charge is 0.201 e. The lowest BCUT2D eigenvalue weighted by Crippen LogP contribution is -2.32. The van der Waals surface area contributed by atoms with Crippen molar-refractivity contribution >= 4 is 17.2 Å². The quantitative estimate of drug-likeness (QED) is 0.174. The molecule has 1 aliphatic heterocycles. The summed E-state index contributed by atoms with van der Waals surface area (Å²) in [5.74, 6) is 0.710. The number of fused-ring (bicyclic) bond motifs is 9. The fourth-order valence-electron chi connectivity index (χ4n) is 9.38. The van der Waals surface area contributed by atoms with Gasteiger partial charge in [-0.05, 0) is 91.0 Å². The van der Waals surface area contributed by atoms with E-state index in [9.17, 15) is 0 Å². The molecule has 0 N–H and O–H groups in total. The lowest BCUT2D eigenvalue weighted by atomic mass is 9.82. The number of hydrogen-bond donors (Lipinski definition) is 0. The van der Waals surface area contributed by atoms with E-state index >= 15 is 0 Å². The minimum absolute atomic E-state index is 0.102. The lowest BCUT2D eigenvalue weighted by Gasteiger charge is -2.25. The lowest BCUT2D eigenvalue weighted by molar-refractivity contribution is -0.508. The third kappa shape index (κ3) is 4.16. The molecule has 0 fully saturated rings. The number of benzene rings is 6. The maximum Gasteiger partial charge on any atom is 0.269 e. The average Bonchev–Trinajstić information content (AvgIpc) is 3.64. The average molecular weight is 662 g/mol. The number of hydrazone groups is 1. The summed E-state index contributed by atoms with van der Waals surface area (Å²) >= 11 is 0.